The van der Waals surface area contributed by atoms with Crippen molar-refractivity contribution in [2.75, 3.05) is 5.32 Å². The number of nitrogens with zero attached hydrogens (tertiary/aromatic N) is 1. The van der Waals surface area contributed by atoms with E-state index in [1.54, 1.807) is 13.1 Å². The first-order chi connectivity index (χ1) is 11.5. The Morgan fingerprint density at radius 1 is 1.12 bits per heavy atom. The molecule has 0 bridgehead atoms. The first-order valence-electron chi connectivity index (χ1n) is 7.93. The van der Waals surface area contributed by atoms with E-state index in [1.807, 2.05) is 62.4 Å². The van der Waals surface area contributed by atoms with Gasteiger partial charge in [0, 0.05) is 17.3 Å². The van der Waals surface area contributed by atoms with Crippen LogP contribution < -0.4 is 10.1 Å². The molecule has 3 rings (SSSR count). The lowest BCUT2D eigenvalue weighted by Crippen LogP contribution is -2.30. The average molecular weight is 320 g/mol. The Labute approximate surface area is 141 Å². The SMILES string of the molecule is Cc1ccc(NC(=O)[C@H](C)Oc2cccc3cccnc23)c(C)c1. The summed E-state index contributed by atoms with van der Waals surface area (Å²) in [6.45, 7) is 5.74. The summed E-state index contributed by atoms with van der Waals surface area (Å²) in [5.41, 5.74) is 3.75. The van der Waals surface area contributed by atoms with Gasteiger partial charge < -0.3 is 10.1 Å². The van der Waals surface area contributed by atoms with Crippen molar-refractivity contribution in [3.05, 3.63) is 65.9 Å². The minimum atomic E-state index is -0.627. The molecule has 0 saturated carbocycles. The maximum Gasteiger partial charge on any atom is 0.265 e. The van der Waals surface area contributed by atoms with Gasteiger partial charge in [-0.2, -0.15) is 0 Å². The van der Waals surface area contributed by atoms with E-state index in [0.29, 0.717) is 5.75 Å². The van der Waals surface area contributed by atoms with Gasteiger partial charge in [-0.05, 0) is 44.5 Å². The fraction of sp³-hybridized carbons (Fsp3) is 0.200. The third kappa shape index (κ3) is 3.38. The fourth-order valence-electron chi connectivity index (χ4n) is 2.60. The summed E-state index contributed by atoms with van der Waals surface area (Å²) in [6.07, 6.45) is 1.09. The molecule has 4 heteroatoms. The number of benzene rings is 2. The number of fused-ring (bicyclic) bond motifs is 1. The van der Waals surface area contributed by atoms with Crippen LogP contribution in [0.1, 0.15) is 18.1 Å². The highest BCUT2D eigenvalue weighted by molar-refractivity contribution is 5.95. The first-order valence-corrected chi connectivity index (χ1v) is 7.93. The molecule has 2 aromatic carbocycles. The van der Waals surface area contributed by atoms with E-state index in [9.17, 15) is 4.79 Å². The van der Waals surface area contributed by atoms with Gasteiger partial charge in [-0.15, -0.1) is 0 Å². The van der Waals surface area contributed by atoms with Crippen molar-refractivity contribution in [2.45, 2.75) is 26.9 Å². The molecular weight excluding hydrogens is 300 g/mol. The molecule has 0 saturated heterocycles. The van der Waals surface area contributed by atoms with Crippen LogP contribution in [0.5, 0.6) is 5.75 Å². The van der Waals surface area contributed by atoms with Crippen LogP contribution in [-0.4, -0.2) is 17.0 Å². The fourth-order valence-corrected chi connectivity index (χ4v) is 2.60. The Hall–Kier alpha value is -2.88. The quantitative estimate of drug-likeness (QED) is 0.781. The number of hydrogen-bond acceptors (Lipinski definition) is 3. The second-order valence-electron chi connectivity index (χ2n) is 5.90. The van der Waals surface area contributed by atoms with Gasteiger partial charge in [-0.25, -0.2) is 0 Å². The molecule has 1 heterocycles. The lowest BCUT2D eigenvalue weighted by Gasteiger charge is -2.16. The number of pyridine rings is 1. The minimum absolute atomic E-state index is 0.185. The van der Waals surface area contributed by atoms with Gasteiger partial charge in [0.2, 0.25) is 0 Å². The molecule has 0 fully saturated rings. The van der Waals surface area contributed by atoms with Gasteiger partial charge in [0.15, 0.2) is 6.10 Å². The number of ether oxygens (including phenoxy) is 1. The Balaban J connectivity index is 1.76. The molecule has 0 aliphatic carbocycles. The molecule has 1 N–H and O–H groups in total. The molecule has 0 unspecified atom stereocenters. The lowest BCUT2D eigenvalue weighted by atomic mass is 10.1. The van der Waals surface area contributed by atoms with E-state index < -0.39 is 6.10 Å². The van der Waals surface area contributed by atoms with Crippen LogP contribution in [0.15, 0.2) is 54.7 Å². The standard InChI is InChI=1S/C20H20N2O2/c1-13-9-10-17(14(2)12-13)22-20(23)15(3)24-18-8-4-6-16-7-5-11-21-19(16)18/h4-12,15H,1-3H3,(H,22,23)/t15-/m0/s1. The van der Waals surface area contributed by atoms with Gasteiger partial charge >= 0.3 is 0 Å². The molecule has 1 atom stereocenters. The highest BCUT2D eigenvalue weighted by Crippen LogP contribution is 2.24. The van der Waals surface area contributed by atoms with Crippen molar-refractivity contribution in [1.29, 1.82) is 0 Å². The summed E-state index contributed by atoms with van der Waals surface area (Å²) in [7, 11) is 0. The number of hydrogen-bond donors (Lipinski definition) is 1. The topological polar surface area (TPSA) is 51.2 Å². The zero-order chi connectivity index (χ0) is 17.1. The largest absolute Gasteiger partial charge is 0.479 e. The molecule has 3 aromatic rings. The maximum atomic E-state index is 12.4. The van der Waals surface area contributed by atoms with Crippen molar-refractivity contribution in [1.82, 2.24) is 4.98 Å². The van der Waals surface area contributed by atoms with Gasteiger partial charge in [0.05, 0.1) is 0 Å². The van der Waals surface area contributed by atoms with E-state index in [0.717, 1.165) is 27.7 Å². The zero-order valence-corrected chi connectivity index (χ0v) is 14.0. The van der Waals surface area contributed by atoms with Crippen LogP contribution in [0.25, 0.3) is 10.9 Å². The number of carbonyl (C=O) groups excluding carboxylic acids is 1. The van der Waals surface area contributed by atoms with Crippen LogP contribution in [0.4, 0.5) is 5.69 Å². The van der Waals surface area contributed by atoms with Gasteiger partial charge in [0.25, 0.3) is 5.91 Å². The normalized spacial score (nSPS) is 12.0. The third-order valence-corrected chi connectivity index (χ3v) is 3.91. The molecule has 1 aromatic heterocycles. The second kappa shape index (κ2) is 6.71. The van der Waals surface area contributed by atoms with Crippen molar-refractivity contribution in [3.8, 4) is 5.75 Å². The van der Waals surface area contributed by atoms with E-state index >= 15 is 0 Å². The second-order valence-corrected chi connectivity index (χ2v) is 5.90. The number of anilines is 1. The number of para-hydroxylation sites is 1. The van der Waals surface area contributed by atoms with Crippen LogP contribution >= 0.6 is 0 Å². The minimum Gasteiger partial charge on any atom is -0.479 e. The highest BCUT2D eigenvalue weighted by atomic mass is 16.5. The molecular formula is C20H20N2O2. The molecule has 24 heavy (non-hydrogen) atoms. The number of aryl methyl sites for hydroxylation is 2. The Kier molecular flexibility index (Phi) is 4.47. The molecule has 0 radical (unpaired) electrons. The Bertz CT molecular complexity index is 884. The van der Waals surface area contributed by atoms with Crippen LogP contribution in [0, 0.1) is 13.8 Å². The van der Waals surface area contributed by atoms with Gasteiger partial charge in [0.1, 0.15) is 11.3 Å². The smallest absolute Gasteiger partial charge is 0.265 e. The van der Waals surface area contributed by atoms with Gasteiger partial charge in [-0.1, -0.05) is 35.9 Å². The van der Waals surface area contributed by atoms with Crippen LogP contribution in [0.2, 0.25) is 0 Å². The van der Waals surface area contributed by atoms with Crippen LogP contribution in [0.3, 0.4) is 0 Å². The summed E-state index contributed by atoms with van der Waals surface area (Å²) in [6, 6.07) is 15.5. The lowest BCUT2D eigenvalue weighted by molar-refractivity contribution is -0.122. The summed E-state index contributed by atoms with van der Waals surface area (Å²) in [5.74, 6) is 0.422. The summed E-state index contributed by atoms with van der Waals surface area (Å²) in [4.78, 5) is 16.8. The molecule has 0 aliphatic rings. The molecule has 4 nitrogen and oxygen atoms in total. The van der Waals surface area contributed by atoms with E-state index in [2.05, 4.69) is 10.3 Å². The van der Waals surface area contributed by atoms with Crippen molar-refractivity contribution in [2.24, 2.45) is 0 Å². The predicted octanol–water partition coefficient (Wildman–Crippen LogP) is 4.26. The number of amides is 1. The van der Waals surface area contributed by atoms with Crippen molar-refractivity contribution in [3.63, 3.8) is 0 Å². The Morgan fingerprint density at radius 3 is 2.71 bits per heavy atom. The predicted molar refractivity (Wildman–Crippen MR) is 96.4 cm³/mol. The maximum absolute atomic E-state index is 12.4. The zero-order valence-electron chi connectivity index (χ0n) is 14.0. The number of rotatable bonds is 4. The summed E-state index contributed by atoms with van der Waals surface area (Å²) >= 11 is 0. The number of carbonyl (C=O) groups is 1. The molecule has 0 aliphatic heterocycles. The number of aromatic nitrogens is 1. The van der Waals surface area contributed by atoms with Crippen LogP contribution in [-0.2, 0) is 4.79 Å². The average Bonchev–Trinajstić information content (AvgIpc) is 2.57. The Morgan fingerprint density at radius 2 is 1.92 bits per heavy atom. The monoisotopic (exact) mass is 320 g/mol. The summed E-state index contributed by atoms with van der Waals surface area (Å²) < 4.78 is 5.85. The van der Waals surface area contributed by atoms with Crippen molar-refractivity contribution < 1.29 is 9.53 Å². The van der Waals surface area contributed by atoms with E-state index in [4.69, 9.17) is 4.74 Å². The van der Waals surface area contributed by atoms with Gasteiger partial charge in [-0.3, -0.25) is 9.78 Å². The molecule has 0 spiro atoms. The van der Waals surface area contributed by atoms with E-state index in [-0.39, 0.29) is 5.91 Å². The highest BCUT2D eigenvalue weighted by Gasteiger charge is 2.17. The molecule has 122 valence electrons. The van der Waals surface area contributed by atoms with E-state index in [1.165, 1.54) is 0 Å². The number of nitrogens with one attached hydrogen (secondary N) is 1. The third-order valence-electron chi connectivity index (χ3n) is 3.91. The first kappa shape index (κ1) is 16.0. The van der Waals surface area contributed by atoms with Crippen molar-refractivity contribution >= 4 is 22.5 Å². The molecule has 1 amide bonds. The summed E-state index contributed by atoms with van der Waals surface area (Å²) in [5, 5.41) is 3.90.